The van der Waals surface area contributed by atoms with Gasteiger partial charge in [-0.3, -0.25) is 4.31 Å². The molecule has 1 aromatic rings. The van der Waals surface area contributed by atoms with Crippen LogP contribution in [0, 0.1) is 18.8 Å². The van der Waals surface area contributed by atoms with E-state index in [9.17, 15) is 0 Å². The minimum absolute atomic E-state index is 0.805. The Bertz CT molecular complexity index is 632. The van der Waals surface area contributed by atoms with E-state index in [1.807, 2.05) is 43.6 Å². The molecule has 0 saturated carbocycles. The predicted molar refractivity (Wildman–Crippen MR) is 73.7 cm³/mol. The first-order valence-electron chi connectivity index (χ1n) is 5.59. The van der Waals surface area contributed by atoms with Crippen molar-refractivity contribution in [3.05, 3.63) is 65.4 Å². The van der Waals surface area contributed by atoms with Crippen LogP contribution in [0.2, 0.25) is 0 Å². The molecule has 2 aliphatic rings. The van der Waals surface area contributed by atoms with Crippen LogP contribution in [0.3, 0.4) is 0 Å². The number of allylic oxidation sites excluding steroid dienone is 3. The summed E-state index contributed by atoms with van der Waals surface area (Å²) in [5.41, 5.74) is 3.90. The molecule has 0 aromatic carbocycles. The van der Waals surface area contributed by atoms with Crippen LogP contribution < -0.4 is 4.72 Å². The fourth-order valence-corrected chi connectivity index (χ4v) is 2.28. The number of nitrogens with zero attached hydrogens (tertiary/aromatic N) is 2. The lowest BCUT2D eigenvalue weighted by molar-refractivity contribution is 0.804. The lowest BCUT2D eigenvalue weighted by atomic mass is 10.1. The monoisotopic (exact) mass is 253 g/mol. The summed E-state index contributed by atoms with van der Waals surface area (Å²) in [5.74, 6) is 6.22. The topological polar surface area (TPSA) is 28.2 Å². The number of pyridine rings is 1. The van der Waals surface area contributed by atoms with Gasteiger partial charge in [-0.25, -0.2) is 4.98 Å². The fraction of sp³-hybridized carbons (Fsp3) is 0.0714. The molecule has 0 bridgehead atoms. The molecule has 0 fully saturated rings. The Kier molecular flexibility index (Phi) is 2.83. The molecule has 0 aliphatic carbocycles. The van der Waals surface area contributed by atoms with E-state index in [0.717, 1.165) is 22.7 Å². The van der Waals surface area contributed by atoms with Crippen molar-refractivity contribution >= 4 is 12.1 Å². The molecule has 0 amide bonds. The fourth-order valence-electron chi connectivity index (χ4n) is 1.66. The third-order valence-electron chi connectivity index (χ3n) is 2.53. The van der Waals surface area contributed by atoms with Crippen LogP contribution in [0.1, 0.15) is 11.4 Å². The van der Waals surface area contributed by atoms with E-state index in [4.69, 9.17) is 0 Å². The summed E-state index contributed by atoms with van der Waals surface area (Å²) < 4.78 is 5.14. The number of nitrogens with one attached hydrogen (secondary N) is 1. The number of hydrogen-bond acceptors (Lipinski definition) is 4. The molecule has 18 heavy (non-hydrogen) atoms. The Morgan fingerprint density at radius 1 is 1.33 bits per heavy atom. The van der Waals surface area contributed by atoms with E-state index in [-0.39, 0.29) is 0 Å². The van der Waals surface area contributed by atoms with Crippen molar-refractivity contribution in [1.29, 1.82) is 0 Å². The summed E-state index contributed by atoms with van der Waals surface area (Å²) in [6, 6.07) is 5.86. The zero-order valence-corrected chi connectivity index (χ0v) is 10.7. The van der Waals surface area contributed by atoms with Crippen LogP contribution in [-0.2, 0) is 0 Å². The summed E-state index contributed by atoms with van der Waals surface area (Å²) in [6.45, 7) is 1.97. The van der Waals surface area contributed by atoms with Gasteiger partial charge in [-0.15, -0.1) is 0 Å². The van der Waals surface area contributed by atoms with Crippen LogP contribution in [0.15, 0.2) is 54.0 Å². The first kappa shape index (κ1) is 11.0. The number of fused-ring (bicyclic) bond motifs is 1. The third kappa shape index (κ3) is 2.27. The highest BCUT2D eigenvalue weighted by Gasteiger charge is 2.14. The zero-order chi connectivity index (χ0) is 12.4. The minimum atomic E-state index is 0.805. The van der Waals surface area contributed by atoms with Gasteiger partial charge in [-0.1, -0.05) is 12.0 Å². The van der Waals surface area contributed by atoms with Crippen molar-refractivity contribution in [2.75, 3.05) is 0 Å². The first-order valence-corrected chi connectivity index (χ1v) is 6.36. The molecule has 0 unspecified atom stereocenters. The maximum absolute atomic E-state index is 4.36. The summed E-state index contributed by atoms with van der Waals surface area (Å²) in [4.78, 5) is 4.36. The standard InChI is InChI=1S/C14H11N3S/c1-11-3-2-4-13(16-11)6-5-12-7-8-17-14(9-12)10-15-18-17/h2-4,7-10,15H,1H3. The number of rotatable bonds is 0. The van der Waals surface area contributed by atoms with Gasteiger partial charge >= 0.3 is 0 Å². The Hall–Kier alpha value is -2.12. The van der Waals surface area contributed by atoms with E-state index in [1.165, 1.54) is 0 Å². The van der Waals surface area contributed by atoms with Crippen molar-refractivity contribution < 1.29 is 0 Å². The van der Waals surface area contributed by atoms with Crippen molar-refractivity contribution in [2.24, 2.45) is 0 Å². The van der Waals surface area contributed by atoms with Gasteiger partial charge in [-0.05, 0) is 37.1 Å². The summed E-state index contributed by atoms with van der Waals surface area (Å²) in [7, 11) is 0. The summed E-state index contributed by atoms with van der Waals surface area (Å²) in [5, 5.41) is 0. The van der Waals surface area contributed by atoms with Crippen molar-refractivity contribution in [2.45, 2.75) is 6.92 Å². The number of aryl methyl sites for hydroxylation is 1. The quantitative estimate of drug-likeness (QED) is 0.568. The molecule has 0 radical (unpaired) electrons. The highest BCUT2D eigenvalue weighted by Crippen LogP contribution is 2.26. The van der Waals surface area contributed by atoms with Crippen LogP contribution in [0.25, 0.3) is 0 Å². The molecule has 3 heterocycles. The molecule has 2 aliphatic heterocycles. The van der Waals surface area contributed by atoms with Crippen molar-refractivity contribution in [3.8, 4) is 11.8 Å². The highest BCUT2D eigenvalue weighted by atomic mass is 32.2. The molecule has 3 rings (SSSR count). The lowest BCUT2D eigenvalue weighted by Crippen LogP contribution is -2.05. The smallest absolute Gasteiger partial charge is 0.113 e. The molecule has 0 spiro atoms. The van der Waals surface area contributed by atoms with Crippen LogP contribution >= 0.6 is 12.1 Å². The van der Waals surface area contributed by atoms with E-state index >= 15 is 0 Å². The van der Waals surface area contributed by atoms with Gasteiger partial charge in [0.1, 0.15) is 5.69 Å². The normalized spacial score (nSPS) is 16.2. The Balaban J connectivity index is 1.84. The molecule has 3 nitrogen and oxygen atoms in total. The zero-order valence-electron chi connectivity index (χ0n) is 9.84. The maximum Gasteiger partial charge on any atom is 0.113 e. The van der Waals surface area contributed by atoms with E-state index < -0.39 is 0 Å². The molecule has 4 heteroatoms. The summed E-state index contributed by atoms with van der Waals surface area (Å²) in [6.07, 6.45) is 8.01. The Morgan fingerprint density at radius 3 is 3.17 bits per heavy atom. The van der Waals surface area contributed by atoms with Gasteiger partial charge in [-0.2, -0.15) is 0 Å². The van der Waals surface area contributed by atoms with Gasteiger partial charge in [0.25, 0.3) is 0 Å². The van der Waals surface area contributed by atoms with Gasteiger partial charge < -0.3 is 4.72 Å². The first-order chi connectivity index (χ1) is 8.81. The lowest BCUT2D eigenvalue weighted by Gasteiger charge is -2.14. The number of aromatic nitrogens is 1. The molecular formula is C14H11N3S. The van der Waals surface area contributed by atoms with Crippen molar-refractivity contribution in [1.82, 2.24) is 14.0 Å². The minimum Gasteiger partial charge on any atom is -0.316 e. The van der Waals surface area contributed by atoms with E-state index in [2.05, 4.69) is 31.9 Å². The second-order valence-electron chi connectivity index (χ2n) is 3.93. The average Bonchev–Trinajstić information content (AvgIpc) is 2.84. The SMILES string of the molecule is Cc1cccc(C#CC2=CC3=CNSN3C=C2)n1. The largest absolute Gasteiger partial charge is 0.316 e. The van der Waals surface area contributed by atoms with E-state index in [0.29, 0.717) is 0 Å². The Labute approximate surface area is 111 Å². The average molecular weight is 253 g/mol. The van der Waals surface area contributed by atoms with Crippen LogP contribution in [0.5, 0.6) is 0 Å². The van der Waals surface area contributed by atoms with Crippen LogP contribution in [-0.4, -0.2) is 9.29 Å². The highest BCUT2D eigenvalue weighted by molar-refractivity contribution is 7.95. The van der Waals surface area contributed by atoms with Crippen LogP contribution in [0.4, 0.5) is 0 Å². The number of hydrogen-bond donors (Lipinski definition) is 1. The van der Waals surface area contributed by atoms with Gasteiger partial charge in [0.05, 0.1) is 17.8 Å². The second-order valence-corrected chi connectivity index (χ2v) is 4.75. The van der Waals surface area contributed by atoms with E-state index in [1.54, 1.807) is 12.1 Å². The van der Waals surface area contributed by atoms with Gasteiger partial charge in [0.15, 0.2) is 0 Å². The van der Waals surface area contributed by atoms with Gasteiger partial charge in [0, 0.05) is 23.7 Å². The summed E-state index contributed by atoms with van der Waals surface area (Å²) >= 11 is 1.54. The molecule has 88 valence electrons. The van der Waals surface area contributed by atoms with Crippen molar-refractivity contribution in [3.63, 3.8) is 0 Å². The maximum atomic E-state index is 4.36. The third-order valence-corrected chi connectivity index (χ3v) is 3.28. The molecule has 0 atom stereocenters. The molecule has 1 N–H and O–H groups in total. The molecular weight excluding hydrogens is 242 g/mol. The second kappa shape index (κ2) is 4.63. The molecule has 1 aromatic heterocycles. The molecule has 0 saturated heterocycles. The predicted octanol–water partition coefficient (Wildman–Crippen LogP) is 2.51. The van der Waals surface area contributed by atoms with Gasteiger partial charge in [0.2, 0.25) is 0 Å². The Morgan fingerprint density at radius 2 is 2.28 bits per heavy atom.